The number of unbranched alkanes of at least 4 members (excludes halogenated alkanes) is 5. The summed E-state index contributed by atoms with van der Waals surface area (Å²) in [5.74, 6) is 0.369. The Morgan fingerprint density at radius 1 is 1.00 bits per heavy atom. The van der Waals surface area contributed by atoms with E-state index in [-0.39, 0.29) is 0 Å². The monoisotopic (exact) mass is 294 g/mol. The van der Waals surface area contributed by atoms with Crippen LogP contribution in [-0.2, 0) is 9.47 Å². The van der Waals surface area contributed by atoms with E-state index in [0.29, 0.717) is 5.92 Å². The molecular weight excluding hydrogens is 268 g/mol. The van der Waals surface area contributed by atoms with Crippen LogP contribution in [0.5, 0.6) is 0 Å². The molecule has 0 spiro atoms. The van der Waals surface area contributed by atoms with Gasteiger partial charge < -0.3 is 9.47 Å². The molecule has 3 heteroatoms. The number of alkyl halides is 1. The van der Waals surface area contributed by atoms with Crippen LogP contribution in [0.1, 0.15) is 58.8 Å². The van der Waals surface area contributed by atoms with Crippen molar-refractivity contribution >= 4 is 15.9 Å². The highest BCUT2D eigenvalue weighted by Gasteiger charge is 2.32. The molecule has 1 unspecified atom stereocenters. The first-order valence-electron chi connectivity index (χ1n) is 6.40. The molecule has 0 aliphatic carbocycles. The van der Waals surface area contributed by atoms with E-state index in [4.69, 9.17) is 9.47 Å². The maximum Gasteiger partial charge on any atom is 0.228 e. The molecular formula is C13H27BrO2. The summed E-state index contributed by atoms with van der Waals surface area (Å²) in [7, 11) is 3.35. The Balaban J connectivity index is 3.60. The molecule has 1 atom stereocenters. The number of rotatable bonds is 10. The summed E-state index contributed by atoms with van der Waals surface area (Å²) in [5, 5.41) is 0. The third-order valence-corrected chi connectivity index (χ3v) is 4.57. The van der Waals surface area contributed by atoms with Crippen molar-refractivity contribution < 1.29 is 9.47 Å². The third kappa shape index (κ3) is 6.21. The molecule has 0 rings (SSSR count). The van der Waals surface area contributed by atoms with Gasteiger partial charge in [-0.2, -0.15) is 0 Å². The lowest BCUT2D eigenvalue weighted by Crippen LogP contribution is -2.33. The molecule has 0 aliphatic heterocycles. The van der Waals surface area contributed by atoms with E-state index in [0.717, 1.165) is 6.42 Å². The molecule has 0 radical (unpaired) electrons. The fraction of sp³-hybridized carbons (Fsp3) is 1.00. The molecule has 98 valence electrons. The number of halogens is 1. The van der Waals surface area contributed by atoms with Crippen LogP contribution < -0.4 is 0 Å². The van der Waals surface area contributed by atoms with E-state index in [1.165, 1.54) is 38.5 Å². The lowest BCUT2D eigenvalue weighted by atomic mass is 10.0. The lowest BCUT2D eigenvalue weighted by molar-refractivity contribution is -0.160. The van der Waals surface area contributed by atoms with Crippen LogP contribution in [-0.4, -0.2) is 18.9 Å². The van der Waals surface area contributed by atoms with Crippen LogP contribution in [0.4, 0.5) is 0 Å². The average Bonchev–Trinajstić information content (AvgIpc) is 2.32. The molecule has 0 amide bonds. The van der Waals surface area contributed by atoms with Crippen molar-refractivity contribution in [2.45, 2.75) is 63.5 Å². The van der Waals surface area contributed by atoms with Crippen LogP contribution in [0.15, 0.2) is 0 Å². The second-order valence-corrected chi connectivity index (χ2v) is 5.55. The second-order valence-electron chi connectivity index (χ2n) is 4.45. The molecule has 0 fully saturated rings. The fourth-order valence-electron chi connectivity index (χ4n) is 1.89. The minimum atomic E-state index is -0.601. The summed E-state index contributed by atoms with van der Waals surface area (Å²) in [5.41, 5.74) is 0. The van der Waals surface area contributed by atoms with E-state index in [9.17, 15) is 0 Å². The van der Waals surface area contributed by atoms with Crippen molar-refractivity contribution in [1.82, 2.24) is 0 Å². The van der Waals surface area contributed by atoms with Gasteiger partial charge in [-0.1, -0.05) is 52.4 Å². The lowest BCUT2D eigenvalue weighted by Gasteiger charge is -2.30. The first-order chi connectivity index (χ1) is 7.60. The maximum absolute atomic E-state index is 5.34. The van der Waals surface area contributed by atoms with Gasteiger partial charge in [0, 0.05) is 20.1 Å². The van der Waals surface area contributed by atoms with Crippen molar-refractivity contribution in [1.29, 1.82) is 0 Å². The number of ether oxygens (including phenoxy) is 2. The van der Waals surface area contributed by atoms with Crippen molar-refractivity contribution in [3.8, 4) is 0 Å². The first kappa shape index (κ1) is 16.4. The number of hydrogen-bond acceptors (Lipinski definition) is 2. The summed E-state index contributed by atoms with van der Waals surface area (Å²) < 4.78 is 10.1. The maximum atomic E-state index is 5.34. The molecule has 0 heterocycles. The van der Waals surface area contributed by atoms with Gasteiger partial charge in [0.2, 0.25) is 4.70 Å². The molecule has 0 aliphatic rings. The van der Waals surface area contributed by atoms with Gasteiger partial charge in [0.15, 0.2) is 0 Å². The molecule has 0 aromatic carbocycles. The molecule has 16 heavy (non-hydrogen) atoms. The quantitative estimate of drug-likeness (QED) is 0.330. The summed E-state index contributed by atoms with van der Waals surface area (Å²) in [6, 6.07) is 0. The van der Waals surface area contributed by atoms with Crippen molar-refractivity contribution in [2.24, 2.45) is 5.92 Å². The first-order valence-corrected chi connectivity index (χ1v) is 7.19. The van der Waals surface area contributed by atoms with E-state index in [1.54, 1.807) is 14.2 Å². The molecule has 0 saturated heterocycles. The van der Waals surface area contributed by atoms with Gasteiger partial charge in [-0.3, -0.25) is 0 Å². The SMILES string of the molecule is CCCCCCCCC(C)C(Br)(OC)OC. The molecule has 0 bridgehead atoms. The highest BCUT2D eigenvalue weighted by molar-refractivity contribution is 9.10. The molecule has 2 nitrogen and oxygen atoms in total. The summed E-state index contributed by atoms with van der Waals surface area (Å²) >= 11 is 3.50. The second kappa shape index (κ2) is 9.43. The zero-order valence-electron chi connectivity index (χ0n) is 11.2. The molecule has 0 N–H and O–H groups in total. The van der Waals surface area contributed by atoms with Gasteiger partial charge in [-0.05, 0) is 22.4 Å². The minimum absolute atomic E-state index is 0.369. The normalized spacial score (nSPS) is 14.1. The van der Waals surface area contributed by atoms with Crippen molar-refractivity contribution in [3.63, 3.8) is 0 Å². The van der Waals surface area contributed by atoms with Crippen LogP contribution in [0.3, 0.4) is 0 Å². The largest absolute Gasteiger partial charge is 0.344 e. The highest BCUT2D eigenvalue weighted by Crippen LogP contribution is 2.32. The fourth-order valence-corrected chi connectivity index (χ4v) is 2.12. The Morgan fingerprint density at radius 2 is 1.50 bits per heavy atom. The standard InChI is InChI=1S/C13H27BrO2/c1-5-6-7-8-9-10-11-12(2)13(14,15-3)16-4/h12H,5-11H2,1-4H3. The van der Waals surface area contributed by atoms with Crippen LogP contribution >= 0.6 is 15.9 Å². The average molecular weight is 295 g/mol. The van der Waals surface area contributed by atoms with E-state index >= 15 is 0 Å². The summed E-state index contributed by atoms with van der Waals surface area (Å²) in [6.45, 7) is 4.41. The Hall–Kier alpha value is 0.400. The predicted octanol–water partition coefficient (Wildman–Crippen LogP) is 4.71. The van der Waals surface area contributed by atoms with Crippen molar-refractivity contribution in [2.75, 3.05) is 14.2 Å². The number of methoxy groups -OCH3 is 2. The molecule has 0 aromatic rings. The summed E-state index contributed by atoms with van der Waals surface area (Å²) in [6.07, 6.45) is 9.13. The van der Waals surface area contributed by atoms with Crippen LogP contribution in [0.2, 0.25) is 0 Å². The Labute approximate surface area is 109 Å². The molecule has 0 saturated carbocycles. The van der Waals surface area contributed by atoms with Gasteiger partial charge in [0.1, 0.15) is 0 Å². The van der Waals surface area contributed by atoms with E-state index in [2.05, 4.69) is 29.8 Å². The van der Waals surface area contributed by atoms with Crippen LogP contribution in [0.25, 0.3) is 0 Å². The summed E-state index contributed by atoms with van der Waals surface area (Å²) in [4.78, 5) is 0. The zero-order chi connectivity index (χ0) is 12.4. The van der Waals surface area contributed by atoms with Gasteiger partial charge in [-0.25, -0.2) is 0 Å². The van der Waals surface area contributed by atoms with E-state index < -0.39 is 4.70 Å². The van der Waals surface area contributed by atoms with Gasteiger partial charge >= 0.3 is 0 Å². The minimum Gasteiger partial charge on any atom is -0.344 e. The predicted molar refractivity (Wildman–Crippen MR) is 72.8 cm³/mol. The Morgan fingerprint density at radius 3 is 2.00 bits per heavy atom. The molecule has 0 aromatic heterocycles. The zero-order valence-corrected chi connectivity index (χ0v) is 12.8. The van der Waals surface area contributed by atoms with Crippen molar-refractivity contribution in [3.05, 3.63) is 0 Å². The number of hydrogen-bond donors (Lipinski definition) is 0. The van der Waals surface area contributed by atoms with Crippen LogP contribution in [0, 0.1) is 5.92 Å². The Kier molecular flexibility index (Phi) is 9.67. The van der Waals surface area contributed by atoms with Gasteiger partial charge in [-0.15, -0.1) is 0 Å². The topological polar surface area (TPSA) is 18.5 Å². The Bertz CT molecular complexity index is 158. The smallest absolute Gasteiger partial charge is 0.228 e. The van der Waals surface area contributed by atoms with Gasteiger partial charge in [0.05, 0.1) is 0 Å². The third-order valence-electron chi connectivity index (χ3n) is 3.14. The highest BCUT2D eigenvalue weighted by atomic mass is 79.9. The van der Waals surface area contributed by atoms with E-state index in [1.807, 2.05) is 0 Å². The van der Waals surface area contributed by atoms with Gasteiger partial charge in [0.25, 0.3) is 0 Å².